The van der Waals surface area contributed by atoms with Crippen molar-refractivity contribution >= 4 is 7.12 Å². The van der Waals surface area contributed by atoms with Gasteiger partial charge in [-0.25, -0.2) is 0 Å². The maximum absolute atomic E-state index is 8.87. The van der Waals surface area contributed by atoms with Crippen LogP contribution in [0.25, 0.3) is 0 Å². The smallest absolute Gasteiger partial charge is 0.427 e. The molecule has 1 fully saturated rings. The second-order valence-corrected chi connectivity index (χ2v) is 3.19. The van der Waals surface area contributed by atoms with E-state index in [0.29, 0.717) is 0 Å². The molecule has 3 nitrogen and oxygen atoms in total. The first kappa shape index (κ1) is 17.3. The van der Waals surface area contributed by atoms with E-state index in [2.05, 4.69) is 11.8 Å². The summed E-state index contributed by atoms with van der Waals surface area (Å²) in [5.41, 5.74) is 0. The summed E-state index contributed by atoms with van der Waals surface area (Å²) in [4.78, 5) is 2.33. The lowest BCUT2D eigenvalue weighted by molar-refractivity contribution is 0.223. The van der Waals surface area contributed by atoms with Gasteiger partial charge in [0.2, 0.25) is 0 Å². The van der Waals surface area contributed by atoms with Gasteiger partial charge in [0, 0.05) is 0 Å². The quantitative estimate of drug-likeness (QED) is 0.695. The van der Waals surface area contributed by atoms with Crippen LogP contribution < -0.4 is 0 Å². The molecule has 0 unspecified atom stereocenters. The van der Waals surface area contributed by atoms with Gasteiger partial charge in [0.15, 0.2) is 0 Å². The Kier molecular flexibility index (Phi) is 13.9. The van der Waals surface area contributed by atoms with Crippen LogP contribution in [0.5, 0.6) is 0 Å². The Bertz CT molecular complexity index is 115. The minimum atomic E-state index is -1.10. The SMILES string of the molecule is CC.CC.CCN1CCC(B(O)O)CC1. The minimum absolute atomic E-state index is 0.109. The summed E-state index contributed by atoms with van der Waals surface area (Å²) in [7, 11) is -1.10. The lowest BCUT2D eigenvalue weighted by Gasteiger charge is -2.30. The molecule has 0 aromatic rings. The molecule has 0 radical (unpaired) electrons. The molecule has 1 rings (SSSR count). The first-order valence-corrected chi connectivity index (χ1v) is 6.32. The van der Waals surface area contributed by atoms with Gasteiger partial charge in [-0.1, -0.05) is 34.6 Å². The molecule has 1 saturated heterocycles. The molecule has 0 aromatic carbocycles. The molecule has 0 saturated carbocycles. The Morgan fingerprint density at radius 2 is 1.47 bits per heavy atom. The van der Waals surface area contributed by atoms with Crippen molar-refractivity contribution in [3.05, 3.63) is 0 Å². The molecule has 0 spiro atoms. The molecule has 15 heavy (non-hydrogen) atoms. The highest BCUT2D eigenvalue weighted by atomic mass is 16.4. The van der Waals surface area contributed by atoms with E-state index in [1.807, 2.05) is 27.7 Å². The molecule has 1 aliphatic rings. The predicted molar refractivity (Wildman–Crippen MR) is 68.0 cm³/mol. The second-order valence-electron chi connectivity index (χ2n) is 3.19. The third-order valence-electron chi connectivity index (χ3n) is 2.50. The Hall–Kier alpha value is -0.0551. The largest absolute Gasteiger partial charge is 0.454 e. The summed E-state index contributed by atoms with van der Waals surface area (Å²) in [6, 6.07) is 0. The topological polar surface area (TPSA) is 43.7 Å². The fourth-order valence-corrected chi connectivity index (χ4v) is 1.57. The molecule has 0 aliphatic carbocycles. The van der Waals surface area contributed by atoms with Crippen molar-refractivity contribution in [3.8, 4) is 0 Å². The van der Waals surface area contributed by atoms with Crippen molar-refractivity contribution in [3.63, 3.8) is 0 Å². The summed E-state index contributed by atoms with van der Waals surface area (Å²) in [6.07, 6.45) is 1.84. The maximum atomic E-state index is 8.87. The Morgan fingerprint density at radius 1 is 1.07 bits per heavy atom. The van der Waals surface area contributed by atoms with Crippen molar-refractivity contribution in [2.45, 2.75) is 53.3 Å². The van der Waals surface area contributed by atoms with Gasteiger partial charge in [0.1, 0.15) is 0 Å². The van der Waals surface area contributed by atoms with Gasteiger partial charge < -0.3 is 14.9 Å². The second kappa shape index (κ2) is 12.0. The first-order chi connectivity index (χ1) is 7.24. The monoisotopic (exact) mass is 217 g/mol. The van der Waals surface area contributed by atoms with Crippen molar-refractivity contribution in [2.75, 3.05) is 19.6 Å². The summed E-state index contributed by atoms with van der Waals surface area (Å²) in [5.74, 6) is 0.109. The zero-order valence-electron chi connectivity index (χ0n) is 11.0. The summed E-state index contributed by atoms with van der Waals surface area (Å²) >= 11 is 0. The van der Waals surface area contributed by atoms with Crippen LogP contribution >= 0.6 is 0 Å². The lowest BCUT2D eigenvalue weighted by atomic mass is 9.67. The highest BCUT2D eigenvalue weighted by Crippen LogP contribution is 2.23. The zero-order chi connectivity index (χ0) is 12.3. The molecule has 0 aromatic heterocycles. The van der Waals surface area contributed by atoms with Crippen LogP contribution in [0, 0.1) is 0 Å². The average molecular weight is 217 g/mol. The van der Waals surface area contributed by atoms with Crippen LogP contribution in [0.15, 0.2) is 0 Å². The number of nitrogens with zero attached hydrogens (tertiary/aromatic N) is 1. The van der Waals surface area contributed by atoms with Crippen molar-refractivity contribution in [1.29, 1.82) is 0 Å². The fraction of sp³-hybridized carbons (Fsp3) is 1.00. The van der Waals surface area contributed by atoms with Crippen LogP contribution in [0.2, 0.25) is 5.82 Å². The molecule has 0 amide bonds. The molecular formula is C11H28BNO2. The zero-order valence-corrected chi connectivity index (χ0v) is 11.0. The Labute approximate surface area is 95.6 Å². The van der Waals surface area contributed by atoms with Crippen LogP contribution in [0.3, 0.4) is 0 Å². The van der Waals surface area contributed by atoms with Gasteiger partial charge in [-0.2, -0.15) is 0 Å². The molecular weight excluding hydrogens is 189 g/mol. The predicted octanol–water partition coefficient (Wildman–Crippen LogP) is 2.00. The van der Waals surface area contributed by atoms with Crippen LogP contribution in [0.4, 0.5) is 0 Å². The summed E-state index contributed by atoms with van der Waals surface area (Å²) in [5, 5.41) is 17.7. The molecule has 92 valence electrons. The Balaban J connectivity index is 0. The van der Waals surface area contributed by atoms with Gasteiger partial charge in [-0.3, -0.25) is 0 Å². The van der Waals surface area contributed by atoms with Crippen molar-refractivity contribution in [2.24, 2.45) is 0 Å². The number of piperidine rings is 1. The third kappa shape index (κ3) is 7.83. The highest BCUT2D eigenvalue weighted by Gasteiger charge is 2.27. The standard InChI is InChI=1S/C7H16BNO2.2C2H6/c1-2-9-5-3-7(4-6-9)8(10)11;2*1-2/h7,10-11H,2-6H2,1H3;2*1-2H3. The van der Waals surface area contributed by atoms with E-state index < -0.39 is 7.12 Å². The minimum Gasteiger partial charge on any atom is -0.427 e. The summed E-state index contributed by atoms with van der Waals surface area (Å²) in [6.45, 7) is 13.2. The molecule has 1 aliphatic heterocycles. The number of hydrogen-bond acceptors (Lipinski definition) is 3. The first-order valence-electron chi connectivity index (χ1n) is 6.32. The number of rotatable bonds is 2. The maximum Gasteiger partial charge on any atom is 0.454 e. The van der Waals surface area contributed by atoms with Crippen LogP contribution in [-0.2, 0) is 0 Å². The van der Waals surface area contributed by atoms with Gasteiger partial charge in [0.05, 0.1) is 0 Å². The molecule has 4 heteroatoms. The molecule has 1 heterocycles. The van der Waals surface area contributed by atoms with E-state index in [4.69, 9.17) is 10.0 Å². The normalized spacial score (nSPS) is 17.0. The van der Waals surface area contributed by atoms with E-state index in [1.165, 1.54) is 0 Å². The number of likely N-dealkylation sites (tertiary alicyclic amines) is 1. The van der Waals surface area contributed by atoms with E-state index >= 15 is 0 Å². The van der Waals surface area contributed by atoms with E-state index in [1.54, 1.807) is 0 Å². The Morgan fingerprint density at radius 3 is 1.73 bits per heavy atom. The number of hydrogen-bond donors (Lipinski definition) is 2. The molecule has 0 atom stereocenters. The van der Waals surface area contributed by atoms with Crippen LogP contribution in [-0.4, -0.2) is 41.7 Å². The van der Waals surface area contributed by atoms with Gasteiger partial charge >= 0.3 is 7.12 Å². The van der Waals surface area contributed by atoms with E-state index in [-0.39, 0.29) is 5.82 Å². The average Bonchev–Trinajstić information content (AvgIpc) is 2.34. The van der Waals surface area contributed by atoms with E-state index in [9.17, 15) is 0 Å². The van der Waals surface area contributed by atoms with E-state index in [0.717, 1.165) is 32.5 Å². The van der Waals surface area contributed by atoms with Crippen molar-refractivity contribution < 1.29 is 10.0 Å². The summed E-state index contributed by atoms with van der Waals surface area (Å²) < 4.78 is 0. The van der Waals surface area contributed by atoms with Gasteiger partial charge in [0.25, 0.3) is 0 Å². The molecule has 2 N–H and O–H groups in total. The van der Waals surface area contributed by atoms with Gasteiger partial charge in [-0.15, -0.1) is 0 Å². The van der Waals surface area contributed by atoms with Gasteiger partial charge in [-0.05, 0) is 38.3 Å². The third-order valence-corrected chi connectivity index (χ3v) is 2.50. The fourth-order valence-electron chi connectivity index (χ4n) is 1.57. The van der Waals surface area contributed by atoms with Crippen LogP contribution in [0.1, 0.15) is 47.5 Å². The molecule has 0 bridgehead atoms. The lowest BCUT2D eigenvalue weighted by Crippen LogP contribution is -2.36. The highest BCUT2D eigenvalue weighted by molar-refractivity contribution is 6.43. The van der Waals surface area contributed by atoms with Crippen molar-refractivity contribution in [1.82, 2.24) is 4.90 Å².